The molecule has 2 N–H and O–H groups in total. The first kappa shape index (κ1) is 18.8. The van der Waals surface area contributed by atoms with Crippen LogP contribution in [0.3, 0.4) is 0 Å². The van der Waals surface area contributed by atoms with Crippen molar-refractivity contribution < 1.29 is 19.7 Å². The molecule has 3 aliphatic rings. The van der Waals surface area contributed by atoms with Gasteiger partial charge in [-0.2, -0.15) is 0 Å². The highest BCUT2D eigenvalue weighted by molar-refractivity contribution is 6.01. The van der Waals surface area contributed by atoms with Crippen LogP contribution in [-0.2, 0) is 9.53 Å². The fraction of sp³-hybridized carbons (Fsp3) is 0.762. The fourth-order valence-electron chi connectivity index (χ4n) is 5.33. The summed E-state index contributed by atoms with van der Waals surface area (Å²) < 4.78 is 5.30. The molecule has 0 aliphatic heterocycles. The highest BCUT2D eigenvalue weighted by Crippen LogP contribution is 2.51. The van der Waals surface area contributed by atoms with Crippen molar-refractivity contribution in [1.29, 1.82) is 0 Å². The van der Waals surface area contributed by atoms with Crippen LogP contribution in [0, 0.1) is 29.6 Å². The van der Waals surface area contributed by atoms with E-state index in [4.69, 9.17) is 4.74 Å². The van der Waals surface area contributed by atoms with Gasteiger partial charge in [0.1, 0.15) is 5.60 Å². The minimum Gasteiger partial charge on any atom is -0.392 e. The van der Waals surface area contributed by atoms with E-state index >= 15 is 0 Å². The molecule has 0 saturated heterocycles. The van der Waals surface area contributed by atoms with Crippen LogP contribution in [-0.4, -0.2) is 41.4 Å². The topological polar surface area (TPSA) is 66.8 Å². The molecular formula is C21H32O4. The highest BCUT2D eigenvalue weighted by atomic mass is 16.5. The van der Waals surface area contributed by atoms with Crippen LogP contribution in [0.5, 0.6) is 0 Å². The van der Waals surface area contributed by atoms with Gasteiger partial charge >= 0.3 is 0 Å². The lowest BCUT2D eigenvalue weighted by Crippen LogP contribution is -2.37. The van der Waals surface area contributed by atoms with E-state index in [1.807, 2.05) is 6.92 Å². The smallest absolute Gasteiger partial charge is 0.162 e. The van der Waals surface area contributed by atoms with Gasteiger partial charge in [0.25, 0.3) is 0 Å². The quantitative estimate of drug-likeness (QED) is 0.770. The van der Waals surface area contributed by atoms with Crippen molar-refractivity contribution in [2.75, 3.05) is 13.7 Å². The first-order valence-corrected chi connectivity index (χ1v) is 9.60. The van der Waals surface area contributed by atoms with Gasteiger partial charge in [-0.05, 0) is 48.2 Å². The van der Waals surface area contributed by atoms with Gasteiger partial charge in [-0.1, -0.05) is 39.3 Å². The minimum atomic E-state index is -0.973. The largest absolute Gasteiger partial charge is 0.392 e. The number of hydrogen-bond donors (Lipinski definition) is 2. The van der Waals surface area contributed by atoms with Gasteiger partial charge < -0.3 is 14.9 Å². The highest BCUT2D eigenvalue weighted by Gasteiger charge is 2.49. The van der Waals surface area contributed by atoms with E-state index in [-0.39, 0.29) is 42.0 Å². The lowest BCUT2D eigenvalue weighted by Gasteiger charge is -2.35. The summed E-state index contributed by atoms with van der Waals surface area (Å²) in [5, 5.41) is 22.0. The van der Waals surface area contributed by atoms with Gasteiger partial charge in [0, 0.05) is 18.9 Å². The van der Waals surface area contributed by atoms with Crippen molar-refractivity contribution in [3.63, 3.8) is 0 Å². The normalized spacial score (nSPS) is 43.6. The molecule has 4 heteroatoms. The van der Waals surface area contributed by atoms with Gasteiger partial charge in [-0.25, -0.2) is 0 Å². The number of aliphatic hydroxyl groups is 2. The van der Waals surface area contributed by atoms with Gasteiger partial charge in [0.15, 0.2) is 5.78 Å². The number of Topliss-reactive ketones (excluding diaryl/α,β-unsaturated/α-hetero) is 1. The maximum absolute atomic E-state index is 12.8. The maximum Gasteiger partial charge on any atom is 0.162 e. The zero-order valence-corrected chi connectivity index (χ0v) is 16.1. The number of aliphatic hydroxyl groups excluding tert-OH is 1. The first-order valence-electron chi connectivity index (χ1n) is 9.60. The van der Waals surface area contributed by atoms with E-state index in [9.17, 15) is 15.0 Å². The maximum atomic E-state index is 12.8. The Morgan fingerprint density at radius 2 is 2.04 bits per heavy atom. The summed E-state index contributed by atoms with van der Waals surface area (Å²) in [5.74, 6) is 0.456. The molecule has 0 spiro atoms. The van der Waals surface area contributed by atoms with E-state index in [2.05, 4.69) is 26.8 Å². The van der Waals surface area contributed by atoms with E-state index in [0.29, 0.717) is 12.8 Å². The minimum absolute atomic E-state index is 0.00830. The van der Waals surface area contributed by atoms with E-state index in [1.54, 1.807) is 7.11 Å². The molecule has 3 aliphatic carbocycles. The number of fused-ring (bicyclic) bond motifs is 2. The van der Waals surface area contributed by atoms with Crippen LogP contribution in [0.15, 0.2) is 22.8 Å². The van der Waals surface area contributed by atoms with Crippen molar-refractivity contribution >= 4 is 5.78 Å². The second-order valence-electron chi connectivity index (χ2n) is 8.63. The molecule has 0 amide bonds. The Bertz CT molecular complexity index is 617. The second-order valence-corrected chi connectivity index (χ2v) is 8.63. The summed E-state index contributed by atoms with van der Waals surface area (Å²) >= 11 is 0. The fourth-order valence-corrected chi connectivity index (χ4v) is 5.33. The standard InChI is InChI=1S/C21H32O4/c1-11(2)19-16-9-18(22)12(3)14-6-7-21(24,10-25-5)17(14)8-15(16)13(4)20(19)23/h8,11-15,18,22,24H,6-7,9-10H2,1-5H3/b17-8+/t12-,13+,14+,15+,18+,21+/m1/s1. The van der Waals surface area contributed by atoms with Crippen LogP contribution in [0.25, 0.3) is 0 Å². The molecule has 0 aromatic heterocycles. The molecule has 0 bridgehead atoms. The van der Waals surface area contributed by atoms with E-state index in [0.717, 1.165) is 23.1 Å². The zero-order chi connectivity index (χ0) is 18.5. The first-order chi connectivity index (χ1) is 11.7. The Hall–Kier alpha value is -0.970. The number of carbonyl (C=O) groups is 1. The van der Waals surface area contributed by atoms with Crippen LogP contribution >= 0.6 is 0 Å². The Morgan fingerprint density at radius 3 is 2.64 bits per heavy atom. The Kier molecular flexibility index (Phi) is 5.00. The number of allylic oxidation sites excluding steroid dienone is 2. The molecular weight excluding hydrogens is 316 g/mol. The van der Waals surface area contributed by atoms with E-state index < -0.39 is 11.7 Å². The zero-order valence-electron chi connectivity index (χ0n) is 16.1. The molecule has 0 radical (unpaired) electrons. The number of rotatable bonds is 3. The summed E-state index contributed by atoms with van der Waals surface area (Å²) in [6.07, 6.45) is 3.75. The summed E-state index contributed by atoms with van der Waals surface area (Å²) in [5.41, 5.74) is 1.99. The van der Waals surface area contributed by atoms with E-state index in [1.165, 1.54) is 0 Å². The number of hydrogen-bond acceptors (Lipinski definition) is 4. The van der Waals surface area contributed by atoms with Gasteiger partial charge in [-0.3, -0.25) is 4.79 Å². The number of ether oxygens (including phenoxy) is 1. The third-order valence-electron chi connectivity index (χ3n) is 6.76. The van der Waals surface area contributed by atoms with Crippen LogP contribution in [0.1, 0.15) is 47.0 Å². The summed E-state index contributed by atoms with van der Waals surface area (Å²) in [7, 11) is 1.61. The molecule has 1 fully saturated rings. The third-order valence-corrected chi connectivity index (χ3v) is 6.76. The van der Waals surface area contributed by atoms with Crippen molar-refractivity contribution in [3.8, 4) is 0 Å². The molecule has 25 heavy (non-hydrogen) atoms. The summed E-state index contributed by atoms with van der Waals surface area (Å²) in [6.45, 7) is 8.42. The molecule has 4 nitrogen and oxygen atoms in total. The molecule has 0 heterocycles. The van der Waals surface area contributed by atoms with Crippen molar-refractivity contribution in [1.82, 2.24) is 0 Å². The molecule has 1 saturated carbocycles. The van der Waals surface area contributed by atoms with Gasteiger partial charge in [0.2, 0.25) is 0 Å². The Balaban J connectivity index is 2.14. The van der Waals surface area contributed by atoms with Crippen molar-refractivity contribution in [2.45, 2.75) is 58.7 Å². The lowest BCUT2D eigenvalue weighted by atomic mass is 9.74. The van der Waals surface area contributed by atoms with Crippen LogP contribution in [0.2, 0.25) is 0 Å². The molecule has 0 unspecified atom stereocenters. The predicted octanol–water partition coefficient (Wildman–Crippen LogP) is 2.89. The third kappa shape index (κ3) is 2.92. The van der Waals surface area contributed by atoms with Crippen LogP contribution < -0.4 is 0 Å². The average molecular weight is 348 g/mol. The molecule has 140 valence electrons. The van der Waals surface area contributed by atoms with Gasteiger partial charge in [0.05, 0.1) is 12.7 Å². The monoisotopic (exact) mass is 348 g/mol. The van der Waals surface area contributed by atoms with Crippen LogP contribution in [0.4, 0.5) is 0 Å². The van der Waals surface area contributed by atoms with Crippen molar-refractivity contribution in [2.24, 2.45) is 29.6 Å². The number of carbonyl (C=O) groups excluding carboxylic acids is 1. The van der Waals surface area contributed by atoms with Gasteiger partial charge in [-0.15, -0.1) is 0 Å². The Labute approximate surface area is 151 Å². The SMILES string of the molecule is COC[C@@]1(O)CC[C@@H]2/C1=C\[C@@H]1C(=C(C(C)C)C(=O)[C@H]1C)C[C@H](O)[C@@H]2C. The lowest BCUT2D eigenvalue weighted by molar-refractivity contribution is -0.118. The number of ketones is 1. The molecule has 6 atom stereocenters. The predicted molar refractivity (Wildman–Crippen MR) is 96.9 cm³/mol. The molecule has 0 aromatic rings. The summed E-state index contributed by atoms with van der Waals surface area (Å²) in [6, 6.07) is 0. The van der Waals surface area contributed by atoms with Crippen molar-refractivity contribution in [3.05, 3.63) is 22.8 Å². The molecule has 3 rings (SSSR count). The average Bonchev–Trinajstić information content (AvgIpc) is 2.96. The Morgan fingerprint density at radius 1 is 1.36 bits per heavy atom. The summed E-state index contributed by atoms with van der Waals surface area (Å²) in [4.78, 5) is 12.8. The molecule has 0 aromatic carbocycles. The second kappa shape index (κ2) is 6.64. The number of methoxy groups -OCH3 is 1.